The number of hydrogen-bond donors (Lipinski definition) is 0. The molecule has 0 atom stereocenters. The Morgan fingerprint density at radius 2 is 1.96 bits per heavy atom. The van der Waals surface area contributed by atoms with Gasteiger partial charge in [-0.05, 0) is 38.1 Å². The van der Waals surface area contributed by atoms with Crippen LogP contribution in [0.25, 0.3) is 5.69 Å². The number of rotatable bonds is 6. The molecule has 0 saturated carbocycles. The maximum atomic E-state index is 12.1. The van der Waals surface area contributed by atoms with Crippen LogP contribution in [0.1, 0.15) is 25.1 Å². The van der Waals surface area contributed by atoms with Crippen LogP contribution in [-0.4, -0.2) is 28.0 Å². The van der Waals surface area contributed by atoms with Gasteiger partial charge in [-0.3, -0.25) is 0 Å². The summed E-state index contributed by atoms with van der Waals surface area (Å²) in [5.74, 6) is 0.819. The van der Waals surface area contributed by atoms with Crippen molar-refractivity contribution in [2.75, 3.05) is 6.61 Å². The maximum absolute atomic E-state index is 12.1. The lowest BCUT2D eigenvalue weighted by Gasteiger charge is -2.18. The Kier molecular flexibility index (Phi) is 4.77. The predicted molar refractivity (Wildman–Crippen MR) is 104 cm³/mol. The highest BCUT2D eigenvalue weighted by atomic mass is 16.6. The van der Waals surface area contributed by atoms with E-state index >= 15 is 0 Å². The third-order valence-corrected chi connectivity index (χ3v) is 4.45. The van der Waals surface area contributed by atoms with Gasteiger partial charge in [0.2, 0.25) is 0 Å². The molecule has 0 N–H and O–H groups in total. The number of esters is 1. The molecule has 2 aromatic carbocycles. The summed E-state index contributed by atoms with van der Waals surface area (Å²) in [4.78, 5) is 12.1. The maximum Gasteiger partial charge on any atom is 0.344 e. The topological polar surface area (TPSA) is 62.6 Å². The summed E-state index contributed by atoms with van der Waals surface area (Å²) in [6.45, 7) is 3.97. The fraction of sp³-hybridized carbons (Fsp3) is 0.273. The van der Waals surface area contributed by atoms with E-state index in [1.165, 1.54) is 0 Å². The van der Waals surface area contributed by atoms with Gasteiger partial charge in [0, 0.05) is 18.2 Å². The van der Waals surface area contributed by atoms with Gasteiger partial charge in [0.25, 0.3) is 0 Å². The fourth-order valence-electron chi connectivity index (χ4n) is 3.20. The quantitative estimate of drug-likeness (QED) is 0.612. The van der Waals surface area contributed by atoms with Crippen LogP contribution in [0.4, 0.5) is 0 Å². The van der Waals surface area contributed by atoms with Crippen molar-refractivity contribution >= 4 is 5.97 Å². The molecule has 1 aliphatic heterocycles. The smallest absolute Gasteiger partial charge is 0.344 e. The van der Waals surface area contributed by atoms with Crippen molar-refractivity contribution in [3.05, 3.63) is 72.1 Å². The summed E-state index contributed by atoms with van der Waals surface area (Å²) in [5, 5.41) is 4.41. The highest BCUT2D eigenvalue weighted by molar-refractivity contribution is 5.71. The molecule has 0 aliphatic carbocycles. The van der Waals surface area contributed by atoms with Gasteiger partial charge >= 0.3 is 5.97 Å². The van der Waals surface area contributed by atoms with Gasteiger partial charge in [0.1, 0.15) is 17.9 Å². The molecule has 1 aliphatic rings. The second kappa shape index (κ2) is 7.38. The molecule has 2 heterocycles. The Hall–Kier alpha value is -3.28. The molecule has 0 saturated heterocycles. The highest BCUT2D eigenvalue weighted by Gasteiger charge is 2.32. The molecule has 0 spiro atoms. The summed E-state index contributed by atoms with van der Waals surface area (Å²) >= 11 is 0. The van der Waals surface area contributed by atoms with Crippen LogP contribution in [0.15, 0.2) is 60.8 Å². The van der Waals surface area contributed by atoms with E-state index in [2.05, 4.69) is 5.10 Å². The number of para-hydroxylation sites is 2. The third kappa shape index (κ3) is 4.01. The first-order chi connectivity index (χ1) is 13.5. The summed E-state index contributed by atoms with van der Waals surface area (Å²) in [6.07, 6.45) is 2.65. The molecular formula is C22H22N2O4. The molecule has 0 unspecified atom stereocenters. The van der Waals surface area contributed by atoms with Crippen molar-refractivity contribution in [3.63, 3.8) is 0 Å². The zero-order valence-electron chi connectivity index (χ0n) is 15.9. The number of aromatic nitrogens is 2. The Morgan fingerprint density at radius 3 is 2.79 bits per heavy atom. The van der Waals surface area contributed by atoms with Crippen LogP contribution >= 0.6 is 0 Å². The molecule has 144 valence electrons. The summed E-state index contributed by atoms with van der Waals surface area (Å²) < 4.78 is 18.6. The van der Waals surface area contributed by atoms with Gasteiger partial charge in [-0.15, -0.1) is 0 Å². The summed E-state index contributed by atoms with van der Waals surface area (Å²) in [5.41, 5.74) is 2.44. The number of benzene rings is 2. The zero-order chi connectivity index (χ0) is 19.6. The number of carbonyl (C=O) groups excluding carboxylic acids is 1. The van der Waals surface area contributed by atoms with Crippen LogP contribution < -0.4 is 9.47 Å². The van der Waals surface area contributed by atoms with Crippen molar-refractivity contribution in [1.29, 1.82) is 0 Å². The molecule has 4 rings (SSSR count). The van der Waals surface area contributed by atoms with Crippen molar-refractivity contribution in [2.45, 2.75) is 32.5 Å². The van der Waals surface area contributed by atoms with Gasteiger partial charge < -0.3 is 14.2 Å². The molecule has 6 heteroatoms. The third-order valence-electron chi connectivity index (χ3n) is 4.45. The molecule has 1 aromatic heterocycles. The van der Waals surface area contributed by atoms with Gasteiger partial charge in [-0.25, -0.2) is 9.48 Å². The van der Waals surface area contributed by atoms with Crippen molar-refractivity contribution < 1.29 is 19.0 Å². The zero-order valence-corrected chi connectivity index (χ0v) is 15.9. The standard InChI is InChI=1S/C22H22N2O4/c1-22(2)13-16-7-6-10-19(21(16)28-22)26-15-20(25)27-14-17-11-12-24(23-17)18-8-4-3-5-9-18/h3-12H,13-15H2,1-2H3. The van der Waals surface area contributed by atoms with E-state index in [1.54, 1.807) is 10.7 Å². The van der Waals surface area contributed by atoms with Crippen LogP contribution in [-0.2, 0) is 22.6 Å². The minimum Gasteiger partial charge on any atom is -0.483 e. The van der Waals surface area contributed by atoms with E-state index in [4.69, 9.17) is 14.2 Å². The second-order valence-corrected chi connectivity index (χ2v) is 7.32. The molecule has 0 bridgehead atoms. The van der Waals surface area contributed by atoms with Crippen molar-refractivity contribution in [1.82, 2.24) is 9.78 Å². The van der Waals surface area contributed by atoms with Crippen LogP contribution in [0.5, 0.6) is 11.5 Å². The van der Waals surface area contributed by atoms with Gasteiger partial charge in [0.05, 0.1) is 5.69 Å². The van der Waals surface area contributed by atoms with Crippen molar-refractivity contribution in [2.24, 2.45) is 0 Å². The molecule has 6 nitrogen and oxygen atoms in total. The van der Waals surface area contributed by atoms with Crippen LogP contribution in [0.2, 0.25) is 0 Å². The number of nitrogens with zero attached hydrogens (tertiary/aromatic N) is 2. The summed E-state index contributed by atoms with van der Waals surface area (Å²) in [7, 11) is 0. The summed E-state index contributed by atoms with van der Waals surface area (Å²) in [6, 6.07) is 17.3. The molecule has 28 heavy (non-hydrogen) atoms. The predicted octanol–water partition coefficient (Wildman–Crippen LogP) is 3.71. The number of carbonyl (C=O) groups is 1. The van der Waals surface area contributed by atoms with Gasteiger partial charge in [-0.2, -0.15) is 5.10 Å². The molecule has 3 aromatic rings. The number of fused-ring (bicyclic) bond motifs is 1. The lowest BCUT2D eigenvalue weighted by molar-refractivity contribution is -0.147. The largest absolute Gasteiger partial charge is 0.483 e. The monoisotopic (exact) mass is 378 g/mol. The molecule has 0 radical (unpaired) electrons. The van der Waals surface area contributed by atoms with E-state index in [9.17, 15) is 4.79 Å². The minimum atomic E-state index is -0.455. The number of ether oxygens (including phenoxy) is 3. The minimum absolute atomic E-state index is 0.0957. The lowest BCUT2D eigenvalue weighted by Crippen LogP contribution is -2.24. The van der Waals surface area contributed by atoms with Gasteiger partial charge in [0.15, 0.2) is 18.1 Å². The van der Waals surface area contributed by atoms with E-state index < -0.39 is 5.97 Å². The van der Waals surface area contributed by atoms with E-state index in [0.29, 0.717) is 17.2 Å². The van der Waals surface area contributed by atoms with Crippen LogP contribution in [0, 0.1) is 0 Å². The molecule has 0 amide bonds. The Balaban J connectivity index is 1.31. The van der Waals surface area contributed by atoms with E-state index in [-0.39, 0.29) is 18.8 Å². The van der Waals surface area contributed by atoms with Crippen LogP contribution in [0.3, 0.4) is 0 Å². The van der Waals surface area contributed by atoms with E-state index in [0.717, 1.165) is 17.7 Å². The van der Waals surface area contributed by atoms with E-state index in [1.807, 2.05) is 68.6 Å². The van der Waals surface area contributed by atoms with Crippen molar-refractivity contribution in [3.8, 4) is 17.2 Å². The average Bonchev–Trinajstić information content (AvgIpc) is 3.28. The average molecular weight is 378 g/mol. The first kappa shape index (κ1) is 18.1. The normalized spacial score (nSPS) is 14.2. The fourth-order valence-corrected chi connectivity index (χ4v) is 3.20. The first-order valence-corrected chi connectivity index (χ1v) is 9.19. The Labute approximate surface area is 163 Å². The molecular weight excluding hydrogens is 356 g/mol. The Bertz CT molecular complexity index is 979. The number of hydrogen-bond acceptors (Lipinski definition) is 5. The van der Waals surface area contributed by atoms with Gasteiger partial charge in [-0.1, -0.05) is 30.3 Å². The second-order valence-electron chi connectivity index (χ2n) is 7.32. The molecule has 0 fully saturated rings. The highest BCUT2D eigenvalue weighted by Crippen LogP contribution is 2.41. The SMILES string of the molecule is CC1(C)Cc2cccc(OCC(=O)OCc3ccn(-c4ccccc4)n3)c2O1. The first-order valence-electron chi connectivity index (χ1n) is 9.19. The lowest BCUT2D eigenvalue weighted by atomic mass is 10.0. The Morgan fingerprint density at radius 1 is 1.14 bits per heavy atom.